The smallest absolute Gasteiger partial charge is 0.236 e. The highest BCUT2D eigenvalue weighted by atomic mass is 19.2. The van der Waals surface area contributed by atoms with Crippen LogP contribution in [0.2, 0.25) is 0 Å². The van der Waals surface area contributed by atoms with Crippen LogP contribution in [0.3, 0.4) is 0 Å². The number of amides is 1. The minimum atomic E-state index is -1.56. The summed E-state index contributed by atoms with van der Waals surface area (Å²) in [5.74, 6) is -4.45. The van der Waals surface area contributed by atoms with E-state index in [-0.39, 0.29) is 18.0 Å². The number of hydrogen-bond acceptors (Lipinski definition) is 4. The Kier molecular flexibility index (Phi) is 5.76. The van der Waals surface area contributed by atoms with E-state index < -0.39 is 30.1 Å². The number of aliphatic hydroxyl groups is 1. The number of carbonyl (C=O) groups is 1. The lowest BCUT2D eigenvalue weighted by Crippen LogP contribution is -2.45. The van der Waals surface area contributed by atoms with Crippen molar-refractivity contribution in [1.82, 2.24) is 10.2 Å². The van der Waals surface area contributed by atoms with Crippen LogP contribution in [0, 0.1) is 17.5 Å². The molecule has 0 aromatic heterocycles. The van der Waals surface area contributed by atoms with Gasteiger partial charge in [-0.3, -0.25) is 10.1 Å². The fourth-order valence-corrected chi connectivity index (χ4v) is 2.20. The van der Waals surface area contributed by atoms with E-state index in [4.69, 9.17) is 4.74 Å². The number of hydrogen-bond donors (Lipinski definition) is 2. The minimum Gasteiger partial charge on any atom is -0.394 e. The summed E-state index contributed by atoms with van der Waals surface area (Å²) in [6.45, 7) is 1.29. The molecule has 1 unspecified atom stereocenters. The predicted octanol–water partition coefficient (Wildman–Crippen LogP) is 0.586. The zero-order valence-electron chi connectivity index (χ0n) is 11.8. The summed E-state index contributed by atoms with van der Waals surface area (Å²) >= 11 is 0. The third-order valence-electron chi connectivity index (χ3n) is 3.45. The molecule has 5 nitrogen and oxygen atoms in total. The van der Waals surface area contributed by atoms with E-state index in [0.29, 0.717) is 26.3 Å². The van der Waals surface area contributed by atoms with Crippen molar-refractivity contribution in [2.75, 3.05) is 39.5 Å². The molecule has 22 heavy (non-hydrogen) atoms. The quantitative estimate of drug-likeness (QED) is 0.780. The summed E-state index contributed by atoms with van der Waals surface area (Å²) in [7, 11) is 0. The van der Waals surface area contributed by atoms with Crippen molar-refractivity contribution >= 4 is 5.91 Å². The molecule has 1 saturated heterocycles. The van der Waals surface area contributed by atoms with Crippen LogP contribution in [0.4, 0.5) is 13.2 Å². The van der Waals surface area contributed by atoms with Crippen LogP contribution in [0.1, 0.15) is 11.6 Å². The Hall–Kier alpha value is -1.64. The molecule has 0 aliphatic carbocycles. The zero-order chi connectivity index (χ0) is 16.1. The van der Waals surface area contributed by atoms with Gasteiger partial charge in [-0.1, -0.05) is 0 Å². The Balaban J connectivity index is 1.98. The largest absolute Gasteiger partial charge is 0.394 e. The van der Waals surface area contributed by atoms with Crippen molar-refractivity contribution in [2.24, 2.45) is 0 Å². The lowest BCUT2D eigenvalue weighted by atomic mass is 10.1. The molecule has 1 atom stereocenters. The van der Waals surface area contributed by atoms with E-state index in [9.17, 15) is 23.1 Å². The molecular weight excluding hydrogens is 301 g/mol. The van der Waals surface area contributed by atoms with Crippen molar-refractivity contribution in [3.8, 4) is 0 Å². The number of carbonyl (C=O) groups excluding carboxylic acids is 1. The Bertz CT molecular complexity index is 513. The van der Waals surface area contributed by atoms with Crippen molar-refractivity contribution in [3.05, 3.63) is 35.1 Å². The maximum absolute atomic E-state index is 13.2. The monoisotopic (exact) mass is 318 g/mol. The van der Waals surface area contributed by atoms with Crippen molar-refractivity contribution in [2.45, 2.75) is 6.04 Å². The molecular formula is C14H17F3N2O3. The first-order valence-corrected chi connectivity index (χ1v) is 6.87. The average Bonchev–Trinajstić information content (AvgIpc) is 2.53. The summed E-state index contributed by atoms with van der Waals surface area (Å²) in [5.41, 5.74) is 0.0358. The first kappa shape index (κ1) is 16.7. The topological polar surface area (TPSA) is 61.8 Å². The number of nitrogens with one attached hydrogen (secondary N) is 1. The molecule has 1 aliphatic heterocycles. The summed E-state index contributed by atoms with van der Waals surface area (Å²) in [4.78, 5) is 13.5. The Morgan fingerprint density at radius 1 is 1.27 bits per heavy atom. The number of aliphatic hydroxyl groups excluding tert-OH is 1. The van der Waals surface area contributed by atoms with Crippen molar-refractivity contribution in [1.29, 1.82) is 0 Å². The number of morpholine rings is 1. The van der Waals surface area contributed by atoms with Gasteiger partial charge in [-0.25, -0.2) is 13.2 Å². The van der Waals surface area contributed by atoms with Crippen molar-refractivity contribution < 1.29 is 27.8 Å². The lowest BCUT2D eigenvalue weighted by molar-refractivity contribution is -0.134. The van der Waals surface area contributed by atoms with Gasteiger partial charge in [-0.15, -0.1) is 0 Å². The molecule has 1 aromatic rings. The molecule has 1 heterocycles. The van der Waals surface area contributed by atoms with E-state index in [1.54, 1.807) is 4.90 Å². The normalized spacial score (nSPS) is 16.6. The summed E-state index contributed by atoms with van der Waals surface area (Å²) in [6, 6.07) is 0.728. The maximum atomic E-state index is 13.2. The van der Waals surface area contributed by atoms with Crippen LogP contribution in [0.25, 0.3) is 0 Å². The van der Waals surface area contributed by atoms with Gasteiger partial charge in [0, 0.05) is 13.1 Å². The van der Waals surface area contributed by atoms with E-state index in [1.165, 1.54) is 0 Å². The van der Waals surface area contributed by atoms with Crippen LogP contribution in [0.5, 0.6) is 0 Å². The molecule has 1 aliphatic rings. The van der Waals surface area contributed by atoms with Gasteiger partial charge >= 0.3 is 0 Å². The Morgan fingerprint density at radius 2 is 1.86 bits per heavy atom. The van der Waals surface area contributed by atoms with Crippen molar-refractivity contribution in [3.63, 3.8) is 0 Å². The van der Waals surface area contributed by atoms with Gasteiger partial charge in [-0.05, 0) is 17.7 Å². The highest BCUT2D eigenvalue weighted by Gasteiger charge is 2.20. The lowest BCUT2D eigenvalue weighted by Gasteiger charge is -2.27. The summed E-state index contributed by atoms with van der Waals surface area (Å²) in [5, 5.41) is 12.0. The van der Waals surface area contributed by atoms with Gasteiger partial charge in [0.15, 0.2) is 17.5 Å². The molecule has 0 saturated carbocycles. The van der Waals surface area contributed by atoms with Crippen LogP contribution in [-0.4, -0.2) is 55.4 Å². The molecule has 122 valence electrons. The third-order valence-corrected chi connectivity index (χ3v) is 3.45. The molecule has 0 radical (unpaired) electrons. The SMILES string of the molecule is O=C(CNC(CO)c1cc(F)c(F)c(F)c1)N1CCOCC1. The van der Waals surface area contributed by atoms with Crippen LogP contribution < -0.4 is 5.32 Å². The van der Waals surface area contributed by atoms with Gasteiger partial charge < -0.3 is 14.7 Å². The molecule has 2 N–H and O–H groups in total. The zero-order valence-corrected chi connectivity index (χ0v) is 11.8. The number of nitrogens with zero attached hydrogens (tertiary/aromatic N) is 1. The average molecular weight is 318 g/mol. The predicted molar refractivity (Wildman–Crippen MR) is 71.5 cm³/mol. The third kappa shape index (κ3) is 3.96. The summed E-state index contributed by atoms with van der Waals surface area (Å²) in [6.07, 6.45) is 0. The number of halogens is 3. The standard InChI is InChI=1S/C14H17F3N2O3/c15-10-5-9(6-11(16)14(10)17)12(8-20)18-7-13(21)19-1-3-22-4-2-19/h5-6,12,18,20H,1-4,7-8H2. The number of rotatable bonds is 5. The first-order chi connectivity index (χ1) is 10.5. The molecule has 8 heteroatoms. The second kappa shape index (κ2) is 7.57. The molecule has 1 amide bonds. The molecule has 0 bridgehead atoms. The minimum absolute atomic E-state index is 0.0358. The fraction of sp³-hybridized carbons (Fsp3) is 0.500. The Labute approximate surface area is 125 Å². The second-order valence-corrected chi connectivity index (χ2v) is 4.91. The van der Waals surface area contributed by atoms with Gasteiger partial charge in [-0.2, -0.15) is 0 Å². The molecule has 1 fully saturated rings. The van der Waals surface area contributed by atoms with Gasteiger partial charge in [0.2, 0.25) is 5.91 Å². The molecule has 1 aromatic carbocycles. The number of benzene rings is 1. The van der Waals surface area contributed by atoms with E-state index in [2.05, 4.69) is 5.32 Å². The van der Waals surface area contributed by atoms with E-state index in [1.807, 2.05) is 0 Å². The van der Waals surface area contributed by atoms with Crippen LogP contribution in [-0.2, 0) is 9.53 Å². The van der Waals surface area contributed by atoms with Crippen LogP contribution in [0.15, 0.2) is 12.1 Å². The Morgan fingerprint density at radius 3 is 2.41 bits per heavy atom. The highest BCUT2D eigenvalue weighted by Crippen LogP contribution is 2.19. The van der Waals surface area contributed by atoms with Gasteiger partial charge in [0.25, 0.3) is 0 Å². The second-order valence-electron chi connectivity index (χ2n) is 4.91. The van der Waals surface area contributed by atoms with Gasteiger partial charge in [0.05, 0.1) is 32.4 Å². The first-order valence-electron chi connectivity index (χ1n) is 6.87. The van der Waals surface area contributed by atoms with Crippen LogP contribution >= 0.6 is 0 Å². The molecule has 2 rings (SSSR count). The summed E-state index contributed by atoms with van der Waals surface area (Å²) < 4.78 is 44.5. The molecule has 0 spiro atoms. The maximum Gasteiger partial charge on any atom is 0.236 e. The van der Waals surface area contributed by atoms with Gasteiger partial charge in [0.1, 0.15) is 0 Å². The fourth-order valence-electron chi connectivity index (χ4n) is 2.20. The van der Waals surface area contributed by atoms with E-state index in [0.717, 1.165) is 12.1 Å². The number of ether oxygens (including phenoxy) is 1. The van der Waals surface area contributed by atoms with E-state index >= 15 is 0 Å². The highest BCUT2D eigenvalue weighted by molar-refractivity contribution is 5.78.